The Bertz CT molecular complexity index is 1020. The summed E-state index contributed by atoms with van der Waals surface area (Å²) < 4.78 is 5.87. The van der Waals surface area contributed by atoms with Crippen molar-refractivity contribution in [3.63, 3.8) is 0 Å². The van der Waals surface area contributed by atoms with Gasteiger partial charge in [-0.15, -0.1) is 0 Å². The lowest BCUT2D eigenvalue weighted by Gasteiger charge is -2.24. The minimum absolute atomic E-state index is 0.00406. The molecule has 1 amide bonds. The fourth-order valence-electron chi connectivity index (χ4n) is 7.53. The van der Waals surface area contributed by atoms with E-state index in [-0.39, 0.29) is 24.9 Å². The number of carbonyl (C=O) groups is 2. The summed E-state index contributed by atoms with van der Waals surface area (Å²) >= 11 is 0. The minimum Gasteiger partial charge on any atom is -0.461 e. The number of hydrogen-bond donors (Lipinski definition) is 3. The van der Waals surface area contributed by atoms with Gasteiger partial charge in [0.15, 0.2) is 0 Å². The van der Waals surface area contributed by atoms with E-state index in [0.29, 0.717) is 19.3 Å². The Kier molecular flexibility index (Phi) is 45.1. The molecule has 0 aliphatic rings. The molecule has 0 radical (unpaired) electrons. The molecular formula is C53H97NO5. The van der Waals surface area contributed by atoms with E-state index < -0.39 is 18.2 Å². The fourth-order valence-corrected chi connectivity index (χ4v) is 7.53. The summed E-state index contributed by atoms with van der Waals surface area (Å²) in [6.07, 6.45) is 56.1. The molecule has 0 spiro atoms. The van der Waals surface area contributed by atoms with Crippen molar-refractivity contribution in [1.29, 1.82) is 0 Å². The number of carbonyl (C=O) groups excluding carboxylic acids is 2. The van der Waals surface area contributed by atoms with Gasteiger partial charge in [0, 0.05) is 12.8 Å². The molecule has 344 valence electrons. The maximum atomic E-state index is 13.1. The summed E-state index contributed by atoms with van der Waals surface area (Å²) in [7, 11) is 0. The van der Waals surface area contributed by atoms with E-state index in [1.807, 2.05) is 6.08 Å². The highest BCUT2D eigenvalue weighted by atomic mass is 16.5. The Morgan fingerprint density at radius 3 is 1.36 bits per heavy atom. The van der Waals surface area contributed by atoms with Gasteiger partial charge in [0.2, 0.25) is 5.91 Å². The predicted molar refractivity (Wildman–Crippen MR) is 255 cm³/mol. The zero-order valence-corrected chi connectivity index (χ0v) is 39.1. The highest BCUT2D eigenvalue weighted by molar-refractivity contribution is 5.77. The van der Waals surface area contributed by atoms with Crippen molar-refractivity contribution in [3.05, 3.63) is 48.6 Å². The highest BCUT2D eigenvalue weighted by Crippen LogP contribution is 2.17. The van der Waals surface area contributed by atoms with Crippen LogP contribution in [0.25, 0.3) is 0 Å². The molecule has 59 heavy (non-hydrogen) atoms. The van der Waals surface area contributed by atoms with Crippen LogP contribution in [-0.2, 0) is 14.3 Å². The minimum atomic E-state index is -0.808. The number of aliphatic hydroxyl groups is 2. The van der Waals surface area contributed by atoms with Crippen molar-refractivity contribution in [2.45, 2.75) is 270 Å². The molecule has 0 saturated heterocycles. The van der Waals surface area contributed by atoms with Gasteiger partial charge in [-0.05, 0) is 44.9 Å². The molecule has 0 heterocycles. The molecule has 0 rings (SSSR count). The molecule has 6 nitrogen and oxygen atoms in total. The summed E-state index contributed by atoms with van der Waals surface area (Å²) in [5, 5.41) is 23.6. The third-order valence-corrected chi connectivity index (χ3v) is 11.4. The molecule has 6 heteroatoms. The van der Waals surface area contributed by atoms with Gasteiger partial charge >= 0.3 is 5.97 Å². The first-order valence-corrected chi connectivity index (χ1v) is 25.4. The Labute approximate surface area is 366 Å². The molecular weight excluding hydrogens is 731 g/mol. The molecule has 0 saturated carbocycles. The fraction of sp³-hybridized carbons (Fsp3) is 0.811. The zero-order chi connectivity index (χ0) is 43.1. The van der Waals surface area contributed by atoms with E-state index in [4.69, 9.17) is 4.74 Å². The number of allylic oxidation sites excluding steroid dienone is 7. The van der Waals surface area contributed by atoms with Gasteiger partial charge < -0.3 is 20.3 Å². The van der Waals surface area contributed by atoms with Gasteiger partial charge in [-0.3, -0.25) is 9.59 Å². The number of ether oxygens (including phenoxy) is 1. The second kappa shape index (κ2) is 46.9. The summed E-state index contributed by atoms with van der Waals surface area (Å²) in [5.74, 6) is -0.570. The lowest BCUT2D eigenvalue weighted by atomic mass is 10.0. The van der Waals surface area contributed by atoms with E-state index in [9.17, 15) is 19.8 Å². The van der Waals surface area contributed by atoms with Gasteiger partial charge in [-0.1, -0.05) is 236 Å². The van der Waals surface area contributed by atoms with Gasteiger partial charge in [-0.2, -0.15) is 0 Å². The smallest absolute Gasteiger partial charge is 0.306 e. The maximum absolute atomic E-state index is 13.1. The average Bonchev–Trinajstić information content (AvgIpc) is 3.23. The third-order valence-electron chi connectivity index (χ3n) is 11.4. The molecule has 0 aromatic carbocycles. The summed E-state index contributed by atoms with van der Waals surface area (Å²) in [6.45, 7) is 6.42. The van der Waals surface area contributed by atoms with Gasteiger partial charge in [0.05, 0.1) is 25.2 Å². The topological polar surface area (TPSA) is 95.9 Å². The van der Waals surface area contributed by atoms with Gasteiger partial charge in [0.1, 0.15) is 6.10 Å². The van der Waals surface area contributed by atoms with E-state index in [0.717, 1.165) is 57.8 Å². The number of nitrogens with one attached hydrogen (secondary N) is 1. The SMILES string of the molecule is CCCCC/C=C\C/C=C\C/C=C\C/C=C\CC(CC(=O)NC(CO)C(O)CCCCCCCCCCCC)OC(=O)CCCCCCCCCCCCCCCCC. The lowest BCUT2D eigenvalue weighted by Crippen LogP contribution is -2.46. The molecule has 3 unspecified atom stereocenters. The number of hydrogen-bond acceptors (Lipinski definition) is 5. The maximum Gasteiger partial charge on any atom is 0.306 e. The van der Waals surface area contributed by atoms with Crippen molar-refractivity contribution in [3.8, 4) is 0 Å². The standard InChI is InChI=1S/C53H97NO5/c1-4-7-10-13-16-19-22-24-26-28-30-32-35-38-41-44-49(59-53(58)46-43-40-37-34-31-29-27-25-23-20-17-14-11-8-5-2)47-52(57)54-50(48-55)51(56)45-42-39-36-33-21-18-15-12-9-6-3/h16,19,24,26,30,32,38,41,49-51,55-56H,4-15,17-18,20-23,25,27-29,31,33-37,39-40,42-48H2,1-3H3,(H,54,57)/b19-16-,26-24-,32-30-,41-38-. The van der Waals surface area contributed by atoms with Crippen molar-refractivity contribution in [2.24, 2.45) is 0 Å². The molecule has 0 bridgehead atoms. The van der Waals surface area contributed by atoms with Crippen molar-refractivity contribution in [1.82, 2.24) is 5.32 Å². The quantitative estimate of drug-likeness (QED) is 0.0323. The van der Waals surface area contributed by atoms with Gasteiger partial charge in [0.25, 0.3) is 0 Å². The molecule has 3 atom stereocenters. The normalized spacial score (nSPS) is 13.6. The van der Waals surface area contributed by atoms with E-state index in [2.05, 4.69) is 68.6 Å². The Morgan fingerprint density at radius 1 is 0.508 bits per heavy atom. The van der Waals surface area contributed by atoms with Crippen molar-refractivity contribution in [2.75, 3.05) is 6.61 Å². The molecule has 0 aliphatic carbocycles. The van der Waals surface area contributed by atoms with Crippen LogP contribution in [0.2, 0.25) is 0 Å². The molecule has 0 fully saturated rings. The van der Waals surface area contributed by atoms with Crippen LogP contribution >= 0.6 is 0 Å². The van der Waals surface area contributed by atoms with Crippen LogP contribution in [0.15, 0.2) is 48.6 Å². The Balaban J connectivity index is 4.70. The summed E-state index contributed by atoms with van der Waals surface area (Å²) in [5.41, 5.74) is 0. The summed E-state index contributed by atoms with van der Waals surface area (Å²) in [6, 6.07) is -0.728. The number of aliphatic hydroxyl groups excluding tert-OH is 2. The molecule has 0 aromatic rings. The first-order valence-electron chi connectivity index (χ1n) is 25.4. The first kappa shape index (κ1) is 56.8. The molecule has 3 N–H and O–H groups in total. The Morgan fingerprint density at radius 2 is 0.898 bits per heavy atom. The molecule has 0 aromatic heterocycles. The van der Waals surface area contributed by atoms with Gasteiger partial charge in [-0.25, -0.2) is 0 Å². The Hall–Kier alpha value is -2.18. The predicted octanol–water partition coefficient (Wildman–Crippen LogP) is 15.1. The van der Waals surface area contributed by atoms with Crippen LogP contribution < -0.4 is 5.32 Å². The highest BCUT2D eigenvalue weighted by Gasteiger charge is 2.23. The van der Waals surface area contributed by atoms with Crippen LogP contribution in [-0.4, -0.2) is 46.9 Å². The largest absolute Gasteiger partial charge is 0.461 e. The van der Waals surface area contributed by atoms with Crippen molar-refractivity contribution >= 4 is 11.9 Å². The van der Waals surface area contributed by atoms with Crippen LogP contribution in [0.5, 0.6) is 0 Å². The molecule has 0 aliphatic heterocycles. The lowest BCUT2D eigenvalue weighted by molar-refractivity contribution is -0.150. The second-order valence-corrected chi connectivity index (χ2v) is 17.2. The van der Waals surface area contributed by atoms with Crippen LogP contribution in [0.1, 0.15) is 252 Å². The van der Waals surface area contributed by atoms with E-state index in [1.165, 1.54) is 148 Å². The van der Waals surface area contributed by atoms with Crippen LogP contribution in [0.3, 0.4) is 0 Å². The third kappa shape index (κ3) is 42.3. The van der Waals surface area contributed by atoms with Crippen LogP contribution in [0, 0.1) is 0 Å². The van der Waals surface area contributed by atoms with Crippen molar-refractivity contribution < 1.29 is 24.5 Å². The number of esters is 1. The number of amides is 1. The van der Waals surface area contributed by atoms with E-state index in [1.54, 1.807) is 0 Å². The zero-order valence-electron chi connectivity index (χ0n) is 39.1. The first-order chi connectivity index (χ1) is 29.0. The average molecular weight is 828 g/mol. The van der Waals surface area contributed by atoms with E-state index >= 15 is 0 Å². The summed E-state index contributed by atoms with van der Waals surface area (Å²) in [4.78, 5) is 26.1. The second-order valence-electron chi connectivity index (χ2n) is 17.2. The monoisotopic (exact) mass is 828 g/mol. The number of rotatable bonds is 45. The van der Waals surface area contributed by atoms with Crippen LogP contribution in [0.4, 0.5) is 0 Å². The number of unbranched alkanes of at least 4 members (excludes halogenated alkanes) is 26.